The number of hydrogen-bond donors (Lipinski definition) is 1. The van der Waals surface area contributed by atoms with E-state index < -0.39 is 0 Å². The molecule has 1 N–H and O–H groups in total. The van der Waals surface area contributed by atoms with Crippen LogP contribution in [0.5, 0.6) is 5.75 Å². The van der Waals surface area contributed by atoms with E-state index in [0.717, 1.165) is 37.9 Å². The number of ether oxygens (including phenoxy) is 1. The second-order valence-electron chi connectivity index (χ2n) is 6.56. The number of H-pyrrole nitrogens is 1. The molecule has 1 aromatic heterocycles. The fourth-order valence-corrected chi connectivity index (χ4v) is 3.19. The summed E-state index contributed by atoms with van der Waals surface area (Å²) >= 11 is 0. The third-order valence-corrected chi connectivity index (χ3v) is 4.46. The van der Waals surface area contributed by atoms with Gasteiger partial charge >= 0.3 is 0 Å². The normalized spacial score (nSPS) is 17.5. The van der Waals surface area contributed by atoms with Gasteiger partial charge in [-0.15, -0.1) is 0 Å². The molecule has 134 valence electrons. The summed E-state index contributed by atoms with van der Waals surface area (Å²) in [6, 6.07) is 7.99. The molecule has 1 atom stereocenters. The minimum atomic E-state index is -0.306. The quantitative estimate of drug-likeness (QED) is 0.872. The Morgan fingerprint density at radius 3 is 3.12 bits per heavy atom. The number of amides is 1. The second kappa shape index (κ2) is 8.14. The number of aromatic nitrogens is 2. The number of benzene rings is 1. The van der Waals surface area contributed by atoms with Crippen LogP contribution >= 0.6 is 0 Å². The third-order valence-electron chi connectivity index (χ3n) is 4.46. The molecule has 0 bridgehead atoms. The molecule has 0 saturated carbocycles. The van der Waals surface area contributed by atoms with Gasteiger partial charge in [-0.05, 0) is 37.5 Å². The molecule has 1 fully saturated rings. The van der Waals surface area contributed by atoms with Crippen LogP contribution in [0.25, 0.3) is 0 Å². The van der Waals surface area contributed by atoms with Gasteiger partial charge in [-0.25, -0.2) is 4.39 Å². The molecule has 1 saturated heterocycles. The molecule has 0 aliphatic carbocycles. The molecule has 25 heavy (non-hydrogen) atoms. The van der Waals surface area contributed by atoms with Crippen molar-refractivity contribution in [2.24, 2.45) is 5.92 Å². The first-order chi connectivity index (χ1) is 12.2. The zero-order chi connectivity index (χ0) is 17.6. The van der Waals surface area contributed by atoms with Gasteiger partial charge in [-0.1, -0.05) is 19.4 Å². The number of aromatic amines is 1. The van der Waals surface area contributed by atoms with Gasteiger partial charge in [0.15, 0.2) is 0 Å². The Kier molecular flexibility index (Phi) is 5.68. The highest BCUT2D eigenvalue weighted by atomic mass is 19.1. The molecule has 1 aliphatic rings. The summed E-state index contributed by atoms with van der Waals surface area (Å²) in [5.74, 6) is 0.434. The number of nitrogens with one attached hydrogen (secondary N) is 1. The van der Waals surface area contributed by atoms with E-state index in [1.807, 2.05) is 11.0 Å². The van der Waals surface area contributed by atoms with Crippen molar-refractivity contribution in [2.75, 3.05) is 19.7 Å². The van der Waals surface area contributed by atoms with Gasteiger partial charge in [0.25, 0.3) is 5.91 Å². The van der Waals surface area contributed by atoms with Gasteiger partial charge in [0.1, 0.15) is 17.3 Å². The van der Waals surface area contributed by atoms with E-state index in [-0.39, 0.29) is 17.6 Å². The summed E-state index contributed by atoms with van der Waals surface area (Å²) < 4.78 is 18.9. The Morgan fingerprint density at radius 2 is 2.32 bits per heavy atom. The van der Waals surface area contributed by atoms with Crippen molar-refractivity contribution < 1.29 is 13.9 Å². The Bertz CT molecular complexity index is 716. The molecule has 3 rings (SSSR count). The van der Waals surface area contributed by atoms with Crippen LogP contribution in [-0.4, -0.2) is 40.7 Å². The lowest BCUT2D eigenvalue weighted by molar-refractivity contribution is 0.0627. The average molecular weight is 345 g/mol. The van der Waals surface area contributed by atoms with E-state index in [0.29, 0.717) is 24.6 Å². The maximum absolute atomic E-state index is 13.2. The summed E-state index contributed by atoms with van der Waals surface area (Å²) in [5.41, 5.74) is 1.48. The molecule has 1 amide bonds. The van der Waals surface area contributed by atoms with Crippen LogP contribution in [0, 0.1) is 11.7 Å². The van der Waals surface area contributed by atoms with Gasteiger partial charge in [0.2, 0.25) is 0 Å². The van der Waals surface area contributed by atoms with Gasteiger partial charge in [-0.3, -0.25) is 9.89 Å². The smallest absolute Gasteiger partial charge is 0.274 e. The summed E-state index contributed by atoms with van der Waals surface area (Å²) in [5, 5.41) is 7.08. The first-order valence-corrected chi connectivity index (χ1v) is 8.87. The SMILES string of the molecule is CCCc1cc(C(=O)N2CCCC(COc3cccc(F)c3)C2)n[nH]1. The Hall–Kier alpha value is -2.37. The minimum absolute atomic E-state index is 0.0333. The zero-order valence-corrected chi connectivity index (χ0v) is 14.5. The number of carbonyl (C=O) groups excluding carboxylic acids is 1. The molecular weight excluding hydrogens is 321 g/mol. The molecule has 0 spiro atoms. The Labute approximate surface area is 147 Å². The fraction of sp³-hybridized carbons (Fsp3) is 0.474. The monoisotopic (exact) mass is 345 g/mol. The van der Waals surface area contributed by atoms with E-state index in [9.17, 15) is 9.18 Å². The number of carbonyl (C=O) groups is 1. The molecular formula is C19H24FN3O2. The van der Waals surface area contributed by atoms with E-state index in [4.69, 9.17) is 4.74 Å². The summed E-state index contributed by atoms with van der Waals surface area (Å²) in [4.78, 5) is 14.5. The molecule has 6 heteroatoms. The maximum atomic E-state index is 13.2. The predicted molar refractivity (Wildman–Crippen MR) is 93.1 cm³/mol. The van der Waals surface area contributed by atoms with Crippen LogP contribution in [-0.2, 0) is 6.42 Å². The largest absolute Gasteiger partial charge is 0.493 e. The van der Waals surface area contributed by atoms with Crippen molar-refractivity contribution in [1.29, 1.82) is 0 Å². The first kappa shape index (κ1) is 17.5. The number of piperidine rings is 1. The standard InChI is InChI=1S/C19H24FN3O2/c1-2-5-16-11-18(22-21-16)19(24)23-9-4-6-14(12-23)13-25-17-8-3-7-15(20)10-17/h3,7-8,10-11,14H,2,4-6,9,12-13H2,1H3,(H,21,22). The predicted octanol–water partition coefficient (Wildman–Crippen LogP) is 3.43. The molecule has 1 aromatic carbocycles. The van der Waals surface area contributed by atoms with Crippen molar-refractivity contribution in [2.45, 2.75) is 32.6 Å². The van der Waals surface area contributed by atoms with Crippen molar-refractivity contribution in [3.8, 4) is 5.75 Å². The van der Waals surface area contributed by atoms with E-state index in [2.05, 4.69) is 17.1 Å². The molecule has 2 aromatic rings. The minimum Gasteiger partial charge on any atom is -0.493 e. The number of likely N-dealkylation sites (tertiary alicyclic amines) is 1. The summed E-state index contributed by atoms with van der Waals surface area (Å²) in [6.07, 6.45) is 3.85. The molecule has 2 heterocycles. The van der Waals surface area contributed by atoms with Crippen LogP contribution in [0.2, 0.25) is 0 Å². The lowest BCUT2D eigenvalue weighted by Gasteiger charge is -2.32. The lowest BCUT2D eigenvalue weighted by Crippen LogP contribution is -2.41. The number of nitrogens with zero attached hydrogens (tertiary/aromatic N) is 2. The van der Waals surface area contributed by atoms with E-state index >= 15 is 0 Å². The topological polar surface area (TPSA) is 58.2 Å². The van der Waals surface area contributed by atoms with Crippen LogP contribution in [0.3, 0.4) is 0 Å². The summed E-state index contributed by atoms with van der Waals surface area (Å²) in [7, 11) is 0. The lowest BCUT2D eigenvalue weighted by atomic mass is 9.98. The maximum Gasteiger partial charge on any atom is 0.274 e. The van der Waals surface area contributed by atoms with Gasteiger partial charge in [0, 0.05) is 30.8 Å². The first-order valence-electron chi connectivity index (χ1n) is 8.87. The van der Waals surface area contributed by atoms with Gasteiger partial charge < -0.3 is 9.64 Å². The van der Waals surface area contributed by atoms with Crippen molar-refractivity contribution >= 4 is 5.91 Å². The Balaban J connectivity index is 1.55. The highest BCUT2D eigenvalue weighted by Crippen LogP contribution is 2.21. The second-order valence-corrected chi connectivity index (χ2v) is 6.56. The number of hydrogen-bond acceptors (Lipinski definition) is 3. The highest BCUT2D eigenvalue weighted by Gasteiger charge is 2.26. The van der Waals surface area contributed by atoms with E-state index in [1.165, 1.54) is 12.1 Å². The number of rotatable bonds is 6. The third kappa shape index (κ3) is 4.59. The van der Waals surface area contributed by atoms with Crippen LogP contribution in [0.15, 0.2) is 30.3 Å². The van der Waals surface area contributed by atoms with Crippen molar-refractivity contribution in [1.82, 2.24) is 15.1 Å². The zero-order valence-electron chi connectivity index (χ0n) is 14.5. The van der Waals surface area contributed by atoms with Crippen LogP contribution in [0.1, 0.15) is 42.4 Å². The van der Waals surface area contributed by atoms with Crippen LogP contribution in [0.4, 0.5) is 4.39 Å². The molecule has 5 nitrogen and oxygen atoms in total. The van der Waals surface area contributed by atoms with Gasteiger partial charge in [-0.2, -0.15) is 5.10 Å². The van der Waals surface area contributed by atoms with Gasteiger partial charge in [0.05, 0.1) is 6.61 Å². The van der Waals surface area contributed by atoms with E-state index in [1.54, 1.807) is 12.1 Å². The fourth-order valence-electron chi connectivity index (χ4n) is 3.19. The summed E-state index contributed by atoms with van der Waals surface area (Å²) in [6.45, 7) is 3.96. The average Bonchev–Trinajstić information content (AvgIpc) is 3.09. The number of aryl methyl sites for hydroxylation is 1. The number of halogens is 1. The van der Waals surface area contributed by atoms with Crippen LogP contribution < -0.4 is 4.74 Å². The Morgan fingerprint density at radius 1 is 1.44 bits per heavy atom. The highest BCUT2D eigenvalue weighted by molar-refractivity contribution is 5.92. The molecule has 0 radical (unpaired) electrons. The molecule has 1 aliphatic heterocycles. The molecule has 1 unspecified atom stereocenters. The van der Waals surface area contributed by atoms with Crippen molar-refractivity contribution in [3.63, 3.8) is 0 Å². The van der Waals surface area contributed by atoms with Crippen molar-refractivity contribution in [3.05, 3.63) is 47.5 Å².